The van der Waals surface area contributed by atoms with Crippen molar-refractivity contribution in [3.63, 3.8) is 0 Å². The fourth-order valence-electron chi connectivity index (χ4n) is 3.69. The van der Waals surface area contributed by atoms with E-state index in [0.29, 0.717) is 26.6 Å². The molecule has 1 fully saturated rings. The molecule has 5 rings (SSSR count). The van der Waals surface area contributed by atoms with Crippen molar-refractivity contribution >= 4 is 68.3 Å². The molecule has 0 bridgehead atoms. The molecule has 0 saturated carbocycles. The monoisotopic (exact) mass is 487 g/mol. The first kappa shape index (κ1) is 21.7. The third kappa shape index (κ3) is 4.53. The minimum Gasteiger partial charge on any atom is -0.488 e. The summed E-state index contributed by atoms with van der Waals surface area (Å²) in [6, 6.07) is 29.1. The third-order valence-electron chi connectivity index (χ3n) is 5.31. The van der Waals surface area contributed by atoms with Gasteiger partial charge in [0.1, 0.15) is 12.4 Å². The molecule has 0 unspecified atom stereocenters. The summed E-state index contributed by atoms with van der Waals surface area (Å²) >= 11 is 12.9. The zero-order chi connectivity index (χ0) is 22.8. The third-order valence-corrected chi connectivity index (χ3v) is 6.87. The lowest BCUT2D eigenvalue weighted by molar-refractivity contribution is -0.113. The largest absolute Gasteiger partial charge is 0.488 e. The van der Waals surface area contributed by atoms with Crippen molar-refractivity contribution < 1.29 is 9.53 Å². The van der Waals surface area contributed by atoms with Gasteiger partial charge in [-0.2, -0.15) is 0 Å². The predicted molar refractivity (Wildman–Crippen MR) is 142 cm³/mol. The second kappa shape index (κ2) is 9.40. The first-order valence-corrected chi connectivity index (χ1v) is 11.9. The summed E-state index contributed by atoms with van der Waals surface area (Å²) in [5, 5.41) is 2.74. The number of carbonyl (C=O) groups is 1. The Labute approximate surface area is 206 Å². The van der Waals surface area contributed by atoms with Gasteiger partial charge in [-0.3, -0.25) is 9.69 Å². The maximum atomic E-state index is 13.4. The molecule has 0 spiro atoms. The lowest BCUT2D eigenvalue weighted by Crippen LogP contribution is -2.27. The van der Waals surface area contributed by atoms with E-state index in [1.807, 2.05) is 97.1 Å². The summed E-state index contributed by atoms with van der Waals surface area (Å²) in [6.07, 6.45) is 1.85. The molecule has 1 aliphatic heterocycles. The van der Waals surface area contributed by atoms with Gasteiger partial charge < -0.3 is 4.74 Å². The highest BCUT2D eigenvalue weighted by Crippen LogP contribution is 2.39. The number of thiocarbonyl (C=S) groups is 1. The van der Waals surface area contributed by atoms with Gasteiger partial charge in [0.15, 0.2) is 4.32 Å². The van der Waals surface area contributed by atoms with Crippen molar-refractivity contribution in [2.45, 2.75) is 6.61 Å². The van der Waals surface area contributed by atoms with Crippen molar-refractivity contribution in [3.05, 3.63) is 112 Å². The predicted octanol–water partition coefficient (Wildman–Crippen LogP) is 7.48. The smallest absolute Gasteiger partial charge is 0.270 e. The highest BCUT2D eigenvalue weighted by Gasteiger charge is 2.34. The topological polar surface area (TPSA) is 29.5 Å². The van der Waals surface area contributed by atoms with Gasteiger partial charge in [-0.15, -0.1) is 0 Å². The average molecular weight is 488 g/mol. The maximum Gasteiger partial charge on any atom is 0.270 e. The van der Waals surface area contributed by atoms with Crippen LogP contribution in [0.5, 0.6) is 5.75 Å². The van der Waals surface area contributed by atoms with Crippen LogP contribution in [0.4, 0.5) is 5.69 Å². The molecule has 4 aromatic rings. The summed E-state index contributed by atoms with van der Waals surface area (Å²) in [5.74, 6) is 0.566. The van der Waals surface area contributed by atoms with Crippen molar-refractivity contribution in [2.75, 3.05) is 4.90 Å². The van der Waals surface area contributed by atoms with Gasteiger partial charge in [-0.05, 0) is 41.3 Å². The van der Waals surface area contributed by atoms with Crippen LogP contribution in [0.25, 0.3) is 16.8 Å². The molecular weight excluding hydrogens is 470 g/mol. The normalized spacial score (nSPS) is 14.9. The summed E-state index contributed by atoms with van der Waals surface area (Å²) in [7, 11) is 0. The minimum atomic E-state index is -0.131. The standard InChI is InChI=1S/C27H18ClNO2S2/c28-21-14-12-18(13-15-21)17-31-24-11-4-2-7-20(24)16-25-26(30)29(27(32)33-25)23-10-5-8-19-6-1-3-9-22(19)23/h1-16H,17H2/b25-16-. The van der Waals surface area contributed by atoms with Gasteiger partial charge in [0, 0.05) is 16.0 Å². The molecule has 3 nitrogen and oxygen atoms in total. The number of rotatable bonds is 5. The Hall–Kier alpha value is -3.12. The van der Waals surface area contributed by atoms with Gasteiger partial charge in [-0.25, -0.2) is 0 Å². The second-order valence-electron chi connectivity index (χ2n) is 7.47. The van der Waals surface area contributed by atoms with E-state index in [0.717, 1.165) is 27.6 Å². The lowest BCUT2D eigenvalue weighted by Gasteiger charge is -2.17. The number of carbonyl (C=O) groups excluding carboxylic acids is 1. The first-order valence-electron chi connectivity index (χ1n) is 10.3. The Balaban J connectivity index is 1.43. The highest BCUT2D eigenvalue weighted by atomic mass is 35.5. The molecule has 33 heavy (non-hydrogen) atoms. The summed E-state index contributed by atoms with van der Waals surface area (Å²) in [6.45, 7) is 0.402. The molecule has 0 aliphatic carbocycles. The quantitative estimate of drug-likeness (QED) is 0.215. The number of fused-ring (bicyclic) bond motifs is 1. The number of anilines is 1. The number of nitrogens with zero attached hydrogens (tertiary/aromatic N) is 1. The van der Waals surface area contributed by atoms with Gasteiger partial charge in [-0.1, -0.05) is 102 Å². The van der Waals surface area contributed by atoms with E-state index in [9.17, 15) is 4.79 Å². The number of halogens is 1. The van der Waals surface area contributed by atoms with E-state index in [2.05, 4.69) is 0 Å². The van der Waals surface area contributed by atoms with Crippen LogP contribution in [-0.4, -0.2) is 10.2 Å². The van der Waals surface area contributed by atoms with Crippen molar-refractivity contribution in [1.82, 2.24) is 0 Å². The fourth-order valence-corrected chi connectivity index (χ4v) is 5.09. The maximum absolute atomic E-state index is 13.4. The van der Waals surface area contributed by atoms with Gasteiger partial charge >= 0.3 is 0 Å². The SMILES string of the molecule is O=C1/C(=C/c2ccccc2OCc2ccc(Cl)cc2)SC(=S)N1c1cccc2ccccc12. The van der Waals surface area contributed by atoms with Crippen LogP contribution in [0.15, 0.2) is 95.9 Å². The number of benzene rings is 4. The molecular formula is C27H18ClNO2S2. The van der Waals surface area contributed by atoms with Crippen molar-refractivity contribution in [2.24, 2.45) is 0 Å². The fraction of sp³-hybridized carbons (Fsp3) is 0.0370. The number of hydrogen-bond acceptors (Lipinski definition) is 4. The van der Waals surface area contributed by atoms with Crippen LogP contribution in [0, 0.1) is 0 Å². The Bertz CT molecular complexity index is 1390. The van der Waals surface area contributed by atoms with Crippen LogP contribution < -0.4 is 9.64 Å². The molecule has 0 atom stereocenters. The highest BCUT2D eigenvalue weighted by molar-refractivity contribution is 8.27. The minimum absolute atomic E-state index is 0.131. The number of para-hydroxylation sites is 1. The van der Waals surface area contributed by atoms with Crippen molar-refractivity contribution in [3.8, 4) is 5.75 Å². The number of amides is 1. The van der Waals surface area contributed by atoms with Crippen LogP contribution in [0.2, 0.25) is 5.02 Å². The molecule has 6 heteroatoms. The zero-order valence-electron chi connectivity index (χ0n) is 17.4. The molecule has 1 amide bonds. The molecule has 162 valence electrons. The van der Waals surface area contributed by atoms with Crippen LogP contribution in [0.1, 0.15) is 11.1 Å². The Kier molecular flexibility index (Phi) is 6.18. The molecule has 1 saturated heterocycles. The molecule has 0 N–H and O–H groups in total. The first-order chi connectivity index (χ1) is 16.1. The summed E-state index contributed by atoms with van der Waals surface area (Å²) in [5.41, 5.74) is 2.63. The van der Waals surface area contributed by atoms with Crippen LogP contribution in [-0.2, 0) is 11.4 Å². The Morgan fingerprint density at radius 3 is 2.48 bits per heavy atom. The molecule has 1 aliphatic rings. The van der Waals surface area contributed by atoms with E-state index < -0.39 is 0 Å². The number of thioether (sulfide) groups is 1. The van der Waals surface area contributed by atoms with Crippen LogP contribution in [0.3, 0.4) is 0 Å². The lowest BCUT2D eigenvalue weighted by atomic mass is 10.1. The Morgan fingerprint density at radius 1 is 0.909 bits per heavy atom. The summed E-state index contributed by atoms with van der Waals surface area (Å²) < 4.78 is 6.57. The van der Waals surface area contributed by atoms with E-state index >= 15 is 0 Å². The Morgan fingerprint density at radius 2 is 1.64 bits per heavy atom. The van der Waals surface area contributed by atoms with E-state index in [1.54, 1.807) is 4.90 Å². The van der Waals surface area contributed by atoms with Crippen LogP contribution >= 0.6 is 35.6 Å². The summed E-state index contributed by atoms with van der Waals surface area (Å²) in [4.78, 5) is 15.6. The van der Waals surface area contributed by atoms with E-state index in [1.165, 1.54) is 11.8 Å². The second-order valence-corrected chi connectivity index (χ2v) is 9.58. The van der Waals surface area contributed by atoms with Crippen molar-refractivity contribution in [1.29, 1.82) is 0 Å². The zero-order valence-corrected chi connectivity index (χ0v) is 19.8. The van der Waals surface area contributed by atoms with Gasteiger partial charge in [0.2, 0.25) is 0 Å². The van der Waals surface area contributed by atoms with Gasteiger partial charge in [0.05, 0.1) is 10.6 Å². The molecule has 0 radical (unpaired) electrons. The molecule has 4 aromatic carbocycles. The number of hydrogen-bond donors (Lipinski definition) is 0. The average Bonchev–Trinajstić information content (AvgIpc) is 3.11. The van der Waals surface area contributed by atoms with Gasteiger partial charge in [0.25, 0.3) is 5.91 Å². The molecule has 1 heterocycles. The molecule has 0 aromatic heterocycles. The number of ether oxygens (including phenoxy) is 1. The van der Waals surface area contributed by atoms with E-state index in [4.69, 9.17) is 28.6 Å². The van der Waals surface area contributed by atoms with E-state index in [-0.39, 0.29) is 5.91 Å².